The van der Waals surface area contributed by atoms with Gasteiger partial charge in [0.15, 0.2) is 0 Å². The molecule has 7 heteroatoms. The maximum Gasteiger partial charge on any atom is 0.323 e. The highest BCUT2D eigenvalue weighted by molar-refractivity contribution is 6.32. The molecule has 0 fully saturated rings. The summed E-state index contributed by atoms with van der Waals surface area (Å²) in [6.07, 6.45) is 3.94. The number of fused-ring (bicyclic) bond motifs is 1. The predicted octanol–water partition coefficient (Wildman–Crippen LogP) is 5.62. The van der Waals surface area contributed by atoms with Crippen molar-refractivity contribution in [2.75, 3.05) is 17.7 Å². The summed E-state index contributed by atoms with van der Waals surface area (Å²) in [5, 5.41) is 6.02. The smallest absolute Gasteiger partial charge is 0.323 e. The molecule has 2 heterocycles. The lowest BCUT2D eigenvalue weighted by molar-refractivity contribution is 0.262. The maximum atomic E-state index is 12.4. The number of urea groups is 1. The Balaban J connectivity index is 1.51. The molecule has 0 unspecified atom stereocenters. The summed E-state index contributed by atoms with van der Waals surface area (Å²) in [6, 6.07) is 16.3. The molecule has 0 aliphatic heterocycles. The fourth-order valence-electron chi connectivity index (χ4n) is 3.09. The lowest BCUT2D eigenvalue weighted by Gasteiger charge is -2.10. The third kappa shape index (κ3) is 4.02. The summed E-state index contributed by atoms with van der Waals surface area (Å²) in [5.74, 6) is 0.549. The number of anilines is 2. The molecule has 0 aliphatic rings. The molecule has 4 rings (SSSR count). The average Bonchev–Trinajstić information content (AvgIpc) is 3.14. The van der Waals surface area contributed by atoms with Crippen LogP contribution >= 0.6 is 11.6 Å². The monoisotopic (exact) mass is 406 g/mol. The minimum Gasteiger partial charge on any atom is -0.495 e. The first-order chi connectivity index (χ1) is 14.0. The Morgan fingerprint density at radius 3 is 2.59 bits per heavy atom. The van der Waals surface area contributed by atoms with Gasteiger partial charge in [-0.25, -0.2) is 9.78 Å². The summed E-state index contributed by atoms with van der Waals surface area (Å²) in [6.45, 7) is 2.03. The van der Waals surface area contributed by atoms with Gasteiger partial charge in [0.25, 0.3) is 0 Å². The van der Waals surface area contributed by atoms with Crippen LogP contribution in [0, 0.1) is 6.92 Å². The average molecular weight is 407 g/mol. The van der Waals surface area contributed by atoms with Gasteiger partial charge >= 0.3 is 6.03 Å². The molecule has 29 heavy (non-hydrogen) atoms. The van der Waals surface area contributed by atoms with Gasteiger partial charge < -0.3 is 19.8 Å². The molecule has 0 aliphatic carbocycles. The number of imidazole rings is 1. The number of hydrogen-bond acceptors (Lipinski definition) is 3. The minimum atomic E-state index is -0.366. The summed E-state index contributed by atoms with van der Waals surface area (Å²) in [4.78, 5) is 17.1. The molecule has 2 aromatic carbocycles. The zero-order valence-electron chi connectivity index (χ0n) is 15.9. The van der Waals surface area contributed by atoms with Crippen molar-refractivity contribution >= 4 is 34.7 Å². The third-order valence-corrected chi connectivity index (χ3v) is 4.80. The zero-order valence-corrected chi connectivity index (χ0v) is 16.7. The molecule has 2 aromatic heterocycles. The molecule has 146 valence electrons. The molecule has 4 aromatic rings. The van der Waals surface area contributed by atoms with Crippen molar-refractivity contribution in [1.29, 1.82) is 0 Å². The van der Waals surface area contributed by atoms with Gasteiger partial charge in [-0.1, -0.05) is 29.8 Å². The van der Waals surface area contributed by atoms with E-state index in [1.807, 2.05) is 60.1 Å². The van der Waals surface area contributed by atoms with E-state index < -0.39 is 0 Å². The molecule has 0 saturated heterocycles. The van der Waals surface area contributed by atoms with Gasteiger partial charge in [-0.05, 0) is 48.9 Å². The Morgan fingerprint density at radius 1 is 1.07 bits per heavy atom. The largest absolute Gasteiger partial charge is 0.495 e. The fourth-order valence-corrected chi connectivity index (χ4v) is 3.34. The first kappa shape index (κ1) is 18.8. The maximum absolute atomic E-state index is 12.4. The van der Waals surface area contributed by atoms with Crippen molar-refractivity contribution < 1.29 is 9.53 Å². The number of aryl methyl sites for hydroxylation is 1. The van der Waals surface area contributed by atoms with E-state index in [-0.39, 0.29) is 6.03 Å². The topological polar surface area (TPSA) is 67.7 Å². The van der Waals surface area contributed by atoms with Crippen molar-refractivity contribution in [3.63, 3.8) is 0 Å². The van der Waals surface area contributed by atoms with E-state index in [9.17, 15) is 4.79 Å². The number of pyridine rings is 1. The molecule has 2 N–H and O–H groups in total. The zero-order chi connectivity index (χ0) is 20.4. The Bertz CT molecular complexity index is 1200. The number of carbonyl (C=O) groups excluding carboxylic acids is 1. The van der Waals surface area contributed by atoms with Gasteiger partial charge in [-0.2, -0.15) is 0 Å². The molecule has 0 spiro atoms. The number of benzene rings is 2. The van der Waals surface area contributed by atoms with Gasteiger partial charge in [-0.3, -0.25) is 0 Å². The van der Waals surface area contributed by atoms with Crippen LogP contribution in [-0.2, 0) is 0 Å². The number of amides is 2. The van der Waals surface area contributed by atoms with Crippen molar-refractivity contribution in [2.24, 2.45) is 0 Å². The van der Waals surface area contributed by atoms with Crippen molar-refractivity contribution in [2.45, 2.75) is 6.92 Å². The number of nitrogens with one attached hydrogen (secondary N) is 2. The Kier molecular flexibility index (Phi) is 5.10. The lowest BCUT2D eigenvalue weighted by atomic mass is 10.1. The third-order valence-electron chi connectivity index (χ3n) is 4.50. The van der Waals surface area contributed by atoms with Crippen LogP contribution in [0.15, 0.2) is 67.0 Å². The van der Waals surface area contributed by atoms with Crippen LogP contribution in [0.25, 0.3) is 16.9 Å². The fraction of sp³-hybridized carbons (Fsp3) is 0.0909. The van der Waals surface area contributed by atoms with Crippen LogP contribution in [0.4, 0.5) is 16.2 Å². The first-order valence-electron chi connectivity index (χ1n) is 9.00. The summed E-state index contributed by atoms with van der Waals surface area (Å²) in [7, 11) is 1.54. The number of nitrogens with zero attached hydrogens (tertiary/aromatic N) is 2. The van der Waals surface area contributed by atoms with Crippen LogP contribution in [0.3, 0.4) is 0 Å². The van der Waals surface area contributed by atoms with E-state index >= 15 is 0 Å². The van der Waals surface area contributed by atoms with Gasteiger partial charge in [-0.15, -0.1) is 0 Å². The van der Waals surface area contributed by atoms with Crippen molar-refractivity contribution in [3.8, 4) is 17.0 Å². The molecule has 0 bridgehead atoms. The molecule has 6 nitrogen and oxygen atoms in total. The summed E-state index contributed by atoms with van der Waals surface area (Å²) >= 11 is 6.10. The highest BCUT2D eigenvalue weighted by Crippen LogP contribution is 2.27. The van der Waals surface area contributed by atoms with Gasteiger partial charge in [0, 0.05) is 29.3 Å². The molecular formula is C22H19ClN4O2. The number of methoxy groups -OCH3 is 1. The number of carbonyl (C=O) groups is 1. The lowest BCUT2D eigenvalue weighted by Crippen LogP contribution is -2.19. The van der Waals surface area contributed by atoms with E-state index in [0.717, 1.165) is 22.5 Å². The number of ether oxygens (including phenoxy) is 1. The van der Waals surface area contributed by atoms with Gasteiger partial charge in [0.1, 0.15) is 11.4 Å². The Morgan fingerprint density at radius 2 is 1.86 bits per heavy atom. The number of halogens is 1. The molecule has 0 radical (unpaired) electrons. The predicted molar refractivity (Wildman–Crippen MR) is 116 cm³/mol. The highest BCUT2D eigenvalue weighted by atomic mass is 35.5. The molecule has 0 saturated carbocycles. The molecule has 0 atom stereocenters. The second-order valence-electron chi connectivity index (χ2n) is 6.56. The van der Waals surface area contributed by atoms with Crippen LogP contribution in [0.1, 0.15) is 5.56 Å². The number of rotatable bonds is 4. The van der Waals surface area contributed by atoms with Crippen LogP contribution in [0.5, 0.6) is 5.75 Å². The normalized spacial score (nSPS) is 10.7. The Labute approximate surface area is 173 Å². The van der Waals surface area contributed by atoms with Crippen molar-refractivity contribution in [3.05, 3.63) is 77.6 Å². The van der Waals surface area contributed by atoms with Gasteiger partial charge in [0.05, 0.1) is 17.8 Å². The summed E-state index contributed by atoms with van der Waals surface area (Å²) in [5.41, 5.74) is 5.00. The highest BCUT2D eigenvalue weighted by Gasteiger charge is 2.09. The van der Waals surface area contributed by atoms with Crippen LogP contribution in [-0.4, -0.2) is 22.5 Å². The second-order valence-corrected chi connectivity index (χ2v) is 6.96. The minimum absolute atomic E-state index is 0.366. The number of hydrogen-bond donors (Lipinski definition) is 2. The second kappa shape index (κ2) is 7.85. The van der Waals surface area contributed by atoms with E-state index in [1.165, 1.54) is 0 Å². The molecular weight excluding hydrogens is 388 g/mol. The van der Waals surface area contributed by atoms with E-state index in [4.69, 9.17) is 21.3 Å². The van der Waals surface area contributed by atoms with Gasteiger partial charge in [0.2, 0.25) is 0 Å². The SMILES string of the molecule is COc1ccc(NC(=O)Nc2cccc(-c3cn4cccc(C)c4n3)c2)cc1Cl. The summed E-state index contributed by atoms with van der Waals surface area (Å²) < 4.78 is 7.11. The standard InChI is InChI=1S/C22H19ClN4O2/c1-14-5-4-10-27-13-19(26-21(14)27)15-6-3-7-16(11-15)24-22(28)25-17-8-9-20(29-2)18(23)12-17/h3-13H,1-2H3,(H2,24,25,28). The van der Waals surface area contributed by atoms with Crippen LogP contribution < -0.4 is 15.4 Å². The van der Waals surface area contributed by atoms with E-state index in [1.54, 1.807) is 25.3 Å². The van der Waals surface area contributed by atoms with Crippen molar-refractivity contribution in [1.82, 2.24) is 9.38 Å². The van der Waals surface area contributed by atoms with E-state index in [0.29, 0.717) is 22.1 Å². The Hall–Kier alpha value is -3.51. The number of aromatic nitrogens is 2. The van der Waals surface area contributed by atoms with E-state index in [2.05, 4.69) is 10.6 Å². The van der Waals surface area contributed by atoms with Crippen LogP contribution in [0.2, 0.25) is 5.02 Å². The quantitative estimate of drug-likeness (QED) is 0.462. The first-order valence-corrected chi connectivity index (χ1v) is 9.37. The molecule has 2 amide bonds.